The molecule has 1 aliphatic heterocycles. The zero-order valence-electron chi connectivity index (χ0n) is 14.9. The van der Waals surface area contributed by atoms with E-state index in [1.54, 1.807) is 42.4 Å². The molecular formula is C19H19FN4O3. The zero-order chi connectivity index (χ0) is 18.8. The molecule has 3 heterocycles. The van der Waals surface area contributed by atoms with E-state index in [9.17, 15) is 9.18 Å². The number of benzene rings is 1. The maximum absolute atomic E-state index is 13.7. The Balaban J connectivity index is 1.33. The monoisotopic (exact) mass is 370 g/mol. The molecule has 2 aromatic heterocycles. The quantitative estimate of drug-likeness (QED) is 0.703. The number of aryl methyl sites for hydroxylation is 1. The van der Waals surface area contributed by atoms with Crippen molar-refractivity contribution in [2.45, 2.75) is 13.5 Å². The number of halogens is 1. The second-order valence-corrected chi connectivity index (χ2v) is 6.51. The summed E-state index contributed by atoms with van der Waals surface area (Å²) < 4.78 is 24.6. The van der Waals surface area contributed by atoms with Gasteiger partial charge in [0.1, 0.15) is 5.82 Å². The Morgan fingerprint density at radius 2 is 2.00 bits per heavy atom. The summed E-state index contributed by atoms with van der Waals surface area (Å²) in [4.78, 5) is 16.4. The molecule has 7 nitrogen and oxygen atoms in total. The molecule has 27 heavy (non-hydrogen) atoms. The molecule has 140 valence electrons. The highest BCUT2D eigenvalue weighted by Crippen LogP contribution is 2.19. The van der Waals surface area contributed by atoms with Gasteiger partial charge in [-0.25, -0.2) is 4.39 Å². The van der Waals surface area contributed by atoms with Crippen molar-refractivity contribution in [3.05, 3.63) is 59.4 Å². The average Bonchev–Trinajstić information content (AvgIpc) is 3.36. The van der Waals surface area contributed by atoms with E-state index in [4.69, 9.17) is 8.83 Å². The van der Waals surface area contributed by atoms with Crippen LogP contribution in [-0.2, 0) is 6.54 Å². The number of piperazine rings is 1. The van der Waals surface area contributed by atoms with Gasteiger partial charge in [0.25, 0.3) is 11.8 Å². The molecule has 0 unspecified atom stereocenters. The molecular weight excluding hydrogens is 351 g/mol. The number of aromatic nitrogens is 2. The second-order valence-electron chi connectivity index (χ2n) is 6.51. The Morgan fingerprint density at radius 1 is 1.19 bits per heavy atom. The van der Waals surface area contributed by atoms with Crippen LogP contribution in [0.5, 0.6) is 0 Å². The molecule has 1 fully saturated rings. The van der Waals surface area contributed by atoms with Crippen LogP contribution in [0, 0.1) is 12.7 Å². The first kappa shape index (κ1) is 17.4. The summed E-state index contributed by atoms with van der Waals surface area (Å²) in [6.07, 6.45) is 1.55. The van der Waals surface area contributed by atoms with Crippen LogP contribution in [0.15, 0.2) is 45.4 Å². The molecule has 0 radical (unpaired) electrons. The predicted molar refractivity (Wildman–Crippen MR) is 94.3 cm³/mol. The summed E-state index contributed by atoms with van der Waals surface area (Å²) in [6, 6.07) is 8.12. The maximum atomic E-state index is 13.7. The predicted octanol–water partition coefficient (Wildman–Crippen LogP) is 2.74. The Kier molecular flexibility index (Phi) is 4.72. The number of carbonyl (C=O) groups excluding carboxylic acids is 1. The molecule has 4 rings (SSSR count). The summed E-state index contributed by atoms with van der Waals surface area (Å²) in [5.41, 5.74) is 0.913. The minimum atomic E-state index is -0.358. The van der Waals surface area contributed by atoms with Crippen molar-refractivity contribution in [2.75, 3.05) is 26.2 Å². The molecule has 0 N–H and O–H groups in total. The smallest absolute Gasteiger partial charge is 0.283 e. The molecule has 1 aliphatic rings. The fourth-order valence-electron chi connectivity index (χ4n) is 3.03. The van der Waals surface area contributed by atoms with Gasteiger partial charge in [-0.15, -0.1) is 10.2 Å². The number of rotatable bonds is 4. The Labute approximate surface area is 155 Å². The lowest BCUT2D eigenvalue weighted by molar-refractivity contribution is 0.0617. The van der Waals surface area contributed by atoms with Crippen molar-refractivity contribution in [1.82, 2.24) is 20.0 Å². The molecule has 0 saturated carbocycles. The molecule has 3 aromatic rings. The van der Waals surface area contributed by atoms with Crippen LogP contribution < -0.4 is 0 Å². The van der Waals surface area contributed by atoms with Crippen molar-refractivity contribution in [1.29, 1.82) is 0 Å². The van der Waals surface area contributed by atoms with E-state index in [1.165, 1.54) is 6.07 Å². The third-order valence-electron chi connectivity index (χ3n) is 4.64. The SMILES string of the molecule is Cc1ccc(C(=O)N2CCN(Cc3nnc(-c4ccco4)o3)CC2)cc1F. The molecule has 1 amide bonds. The van der Waals surface area contributed by atoms with Crippen LogP contribution >= 0.6 is 0 Å². The lowest BCUT2D eigenvalue weighted by Crippen LogP contribution is -2.48. The lowest BCUT2D eigenvalue weighted by Gasteiger charge is -2.34. The van der Waals surface area contributed by atoms with E-state index in [0.717, 1.165) is 0 Å². The van der Waals surface area contributed by atoms with Crippen LogP contribution in [0.1, 0.15) is 21.8 Å². The van der Waals surface area contributed by atoms with Gasteiger partial charge in [-0.3, -0.25) is 9.69 Å². The fourth-order valence-corrected chi connectivity index (χ4v) is 3.03. The maximum Gasteiger partial charge on any atom is 0.283 e. The van der Waals surface area contributed by atoms with Crippen LogP contribution in [0.3, 0.4) is 0 Å². The average molecular weight is 370 g/mol. The second kappa shape index (κ2) is 7.32. The number of hydrogen-bond acceptors (Lipinski definition) is 6. The first-order valence-corrected chi connectivity index (χ1v) is 8.74. The van der Waals surface area contributed by atoms with E-state index >= 15 is 0 Å². The van der Waals surface area contributed by atoms with Crippen LogP contribution in [0.2, 0.25) is 0 Å². The summed E-state index contributed by atoms with van der Waals surface area (Å²) in [6.45, 7) is 4.67. The third kappa shape index (κ3) is 3.75. The normalized spacial score (nSPS) is 15.3. The van der Waals surface area contributed by atoms with E-state index in [0.29, 0.717) is 61.4 Å². The highest BCUT2D eigenvalue weighted by Gasteiger charge is 2.24. The Hall–Kier alpha value is -3.00. The molecule has 8 heteroatoms. The van der Waals surface area contributed by atoms with Crippen molar-refractivity contribution < 1.29 is 18.0 Å². The topological polar surface area (TPSA) is 75.6 Å². The van der Waals surface area contributed by atoms with Crippen LogP contribution in [-0.4, -0.2) is 52.1 Å². The van der Waals surface area contributed by atoms with Gasteiger partial charge in [0.2, 0.25) is 5.89 Å². The zero-order valence-corrected chi connectivity index (χ0v) is 14.9. The van der Waals surface area contributed by atoms with Gasteiger partial charge in [0, 0.05) is 31.7 Å². The number of nitrogens with zero attached hydrogens (tertiary/aromatic N) is 4. The summed E-state index contributed by atoms with van der Waals surface area (Å²) >= 11 is 0. The molecule has 0 aliphatic carbocycles. The standard InChI is InChI=1S/C19H19FN4O3/c1-13-4-5-14(11-15(13)20)19(25)24-8-6-23(7-9-24)12-17-21-22-18(27-17)16-3-2-10-26-16/h2-5,10-11H,6-9,12H2,1H3. The highest BCUT2D eigenvalue weighted by atomic mass is 19.1. The minimum Gasteiger partial charge on any atom is -0.459 e. The molecule has 0 bridgehead atoms. The minimum absolute atomic E-state index is 0.147. The van der Waals surface area contributed by atoms with E-state index in [2.05, 4.69) is 15.1 Å². The van der Waals surface area contributed by atoms with E-state index in [-0.39, 0.29) is 11.7 Å². The molecule has 1 saturated heterocycles. The largest absolute Gasteiger partial charge is 0.459 e. The molecule has 0 atom stereocenters. The van der Waals surface area contributed by atoms with Crippen molar-refractivity contribution in [3.63, 3.8) is 0 Å². The lowest BCUT2D eigenvalue weighted by atomic mass is 10.1. The van der Waals surface area contributed by atoms with Gasteiger partial charge in [-0.1, -0.05) is 6.07 Å². The Morgan fingerprint density at radius 3 is 2.70 bits per heavy atom. The number of amides is 1. The Bertz CT molecular complexity index is 930. The van der Waals surface area contributed by atoms with Crippen molar-refractivity contribution in [2.24, 2.45) is 0 Å². The third-order valence-corrected chi connectivity index (χ3v) is 4.64. The van der Waals surface area contributed by atoms with Gasteiger partial charge in [-0.05, 0) is 36.8 Å². The first-order chi connectivity index (χ1) is 13.1. The number of hydrogen-bond donors (Lipinski definition) is 0. The van der Waals surface area contributed by atoms with Gasteiger partial charge < -0.3 is 13.7 Å². The van der Waals surface area contributed by atoms with E-state index in [1.807, 2.05) is 0 Å². The van der Waals surface area contributed by atoms with Gasteiger partial charge in [-0.2, -0.15) is 0 Å². The summed E-state index contributed by atoms with van der Waals surface area (Å²) in [5.74, 6) is 0.885. The van der Waals surface area contributed by atoms with Gasteiger partial charge >= 0.3 is 0 Å². The van der Waals surface area contributed by atoms with Crippen molar-refractivity contribution >= 4 is 5.91 Å². The fraction of sp³-hybridized carbons (Fsp3) is 0.316. The van der Waals surface area contributed by atoms with Crippen LogP contribution in [0.4, 0.5) is 4.39 Å². The molecule has 0 spiro atoms. The molecule has 1 aromatic carbocycles. The van der Waals surface area contributed by atoms with E-state index < -0.39 is 0 Å². The summed E-state index contributed by atoms with van der Waals surface area (Å²) in [7, 11) is 0. The van der Waals surface area contributed by atoms with Crippen molar-refractivity contribution in [3.8, 4) is 11.7 Å². The number of furan rings is 1. The summed E-state index contributed by atoms with van der Waals surface area (Å²) in [5, 5.41) is 8.03. The van der Waals surface area contributed by atoms with Crippen LogP contribution in [0.25, 0.3) is 11.7 Å². The van der Waals surface area contributed by atoms with Gasteiger partial charge in [0.05, 0.1) is 12.8 Å². The highest BCUT2D eigenvalue weighted by molar-refractivity contribution is 5.94. The first-order valence-electron chi connectivity index (χ1n) is 8.74. The number of carbonyl (C=O) groups is 1. The van der Waals surface area contributed by atoms with Gasteiger partial charge in [0.15, 0.2) is 5.76 Å².